The van der Waals surface area contributed by atoms with E-state index < -0.39 is 10.0 Å². The lowest BCUT2D eigenvalue weighted by Gasteiger charge is -2.35. The zero-order valence-corrected chi connectivity index (χ0v) is 22.1. The van der Waals surface area contributed by atoms with E-state index in [1.165, 1.54) is 0 Å². The molecule has 0 atom stereocenters. The van der Waals surface area contributed by atoms with E-state index in [9.17, 15) is 8.42 Å². The van der Waals surface area contributed by atoms with Gasteiger partial charge in [-0.1, -0.05) is 78.8 Å². The molecule has 0 bridgehead atoms. The predicted octanol–water partition coefficient (Wildman–Crippen LogP) is 5.04. The number of nitrogens with zero attached hydrogens (tertiary/aromatic N) is 5. The zero-order valence-electron chi connectivity index (χ0n) is 21.2. The number of piperazine rings is 1. The fraction of sp³-hybridized carbons (Fsp3) is 0.276. The SMILES string of the molecule is CCCc1nc(N2CCN(S(=O)(=O)Cc3ccccc3)CC2)c2c(-c3ccc4ccccc4c3)noc2n1. The van der Waals surface area contributed by atoms with E-state index in [4.69, 9.17) is 9.51 Å². The molecule has 9 heteroatoms. The average Bonchev–Trinajstić information content (AvgIpc) is 3.37. The summed E-state index contributed by atoms with van der Waals surface area (Å²) in [4.78, 5) is 11.7. The van der Waals surface area contributed by atoms with Gasteiger partial charge < -0.3 is 9.42 Å². The van der Waals surface area contributed by atoms with Gasteiger partial charge in [0.2, 0.25) is 10.0 Å². The van der Waals surface area contributed by atoms with Gasteiger partial charge in [-0.05, 0) is 28.8 Å². The predicted molar refractivity (Wildman–Crippen MR) is 149 cm³/mol. The topological polar surface area (TPSA) is 92.4 Å². The molecule has 0 N–H and O–H groups in total. The first-order valence-electron chi connectivity index (χ1n) is 12.9. The second kappa shape index (κ2) is 10.2. The van der Waals surface area contributed by atoms with Gasteiger partial charge in [0.25, 0.3) is 5.71 Å². The van der Waals surface area contributed by atoms with Gasteiger partial charge in [-0.15, -0.1) is 0 Å². The third-order valence-electron chi connectivity index (χ3n) is 6.98. The molecule has 5 aromatic rings. The molecule has 0 amide bonds. The van der Waals surface area contributed by atoms with E-state index in [0.717, 1.165) is 45.9 Å². The van der Waals surface area contributed by atoms with Gasteiger partial charge in [0.05, 0.1) is 5.75 Å². The number of fused-ring (bicyclic) bond motifs is 2. The fourth-order valence-corrected chi connectivity index (χ4v) is 6.55. The van der Waals surface area contributed by atoms with Crippen LogP contribution in [0, 0.1) is 0 Å². The molecular formula is C29H29N5O3S. The van der Waals surface area contributed by atoms with Gasteiger partial charge in [0, 0.05) is 38.2 Å². The summed E-state index contributed by atoms with van der Waals surface area (Å²) in [6.07, 6.45) is 1.63. The van der Waals surface area contributed by atoms with Gasteiger partial charge in [0.15, 0.2) is 0 Å². The van der Waals surface area contributed by atoms with Crippen molar-refractivity contribution in [1.29, 1.82) is 0 Å². The summed E-state index contributed by atoms with van der Waals surface area (Å²) in [7, 11) is -3.42. The largest absolute Gasteiger partial charge is 0.353 e. The molecule has 0 saturated carbocycles. The Labute approximate surface area is 222 Å². The maximum Gasteiger partial charge on any atom is 0.263 e. The van der Waals surface area contributed by atoms with Crippen molar-refractivity contribution in [3.05, 3.63) is 84.2 Å². The van der Waals surface area contributed by atoms with E-state index in [0.29, 0.717) is 43.4 Å². The second-order valence-corrected chi connectivity index (χ2v) is 11.6. The summed E-state index contributed by atoms with van der Waals surface area (Å²) in [5.41, 5.74) is 2.88. The van der Waals surface area contributed by atoms with Crippen molar-refractivity contribution in [3.63, 3.8) is 0 Å². The van der Waals surface area contributed by atoms with Crippen molar-refractivity contribution in [1.82, 2.24) is 19.4 Å². The molecule has 1 saturated heterocycles. The third kappa shape index (κ3) is 4.75. The van der Waals surface area contributed by atoms with Crippen LogP contribution in [0.3, 0.4) is 0 Å². The number of rotatable bonds is 7. The van der Waals surface area contributed by atoms with Gasteiger partial charge >= 0.3 is 0 Å². The summed E-state index contributed by atoms with van der Waals surface area (Å²) in [5, 5.41) is 7.45. The summed E-state index contributed by atoms with van der Waals surface area (Å²) >= 11 is 0. The minimum absolute atomic E-state index is 0.00397. The minimum atomic E-state index is -3.42. The molecule has 0 aliphatic carbocycles. The Kier molecular flexibility index (Phi) is 6.55. The van der Waals surface area contributed by atoms with Crippen molar-refractivity contribution in [3.8, 4) is 11.3 Å². The highest BCUT2D eigenvalue weighted by Crippen LogP contribution is 2.35. The number of hydrogen-bond acceptors (Lipinski definition) is 7. The van der Waals surface area contributed by atoms with Crippen LogP contribution in [0.4, 0.5) is 5.82 Å². The third-order valence-corrected chi connectivity index (χ3v) is 8.83. The monoisotopic (exact) mass is 527 g/mol. The number of sulfonamides is 1. The normalized spacial score (nSPS) is 14.9. The van der Waals surface area contributed by atoms with Crippen molar-refractivity contribution < 1.29 is 12.9 Å². The van der Waals surface area contributed by atoms with E-state index in [2.05, 4.69) is 46.2 Å². The van der Waals surface area contributed by atoms with Crippen LogP contribution >= 0.6 is 0 Å². The molecule has 2 aromatic heterocycles. The molecule has 1 aliphatic rings. The summed E-state index contributed by atoms with van der Waals surface area (Å²) in [6.45, 7) is 3.91. The Bertz CT molecular complexity index is 1690. The Morgan fingerprint density at radius 1 is 0.868 bits per heavy atom. The molecule has 0 radical (unpaired) electrons. The molecule has 3 heterocycles. The highest BCUT2D eigenvalue weighted by molar-refractivity contribution is 7.88. The van der Waals surface area contributed by atoms with Crippen LogP contribution in [0.2, 0.25) is 0 Å². The number of hydrogen-bond donors (Lipinski definition) is 0. The summed E-state index contributed by atoms with van der Waals surface area (Å²) < 4.78 is 33.5. The van der Waals surface area contributed by atoms with Gasteiger partial charge in [0.1, 0.15) is 22.7 Å². The molecule has 0 spiro atoms. The maximum atomic E-state index is 13.1. The quantitative estimate of drug-likeness (QED) is 0.293. The Balaban J connectivity index is 1.33. The lowest BCUT2D eigenvalue weighted by molar-refractivity contribution is 0.383. The van der Waals surface area contributed by atoms with Crippen molar-refractivity contribution in [2.24, 2.45) is 0 Å². The second-order valence-electron chi connectivity index (χ2n) is 9.61. The first kappa shape index (κ1) is 24.5. The standard InChI is InChI=1S/C29H29N5O3S/c1-2-8-25-30-28(33-15-17-34(18-16-33)38(35,36)20-21-9-4-3-5-10-21)26-27(32-37-29(26)31-25)24-14-13-22-11-6-7-12-23(22)19-24/h3-7,9-14,19H,2,8,15-18,20H2,1H3. The molecule has 0 unspecified atom stereocenters. The van der Waals surface area contributed by atoms with Crippen LogP contribution in [-0.4, -0.2) is 54.0 Å². The van der Waals surface area contributed by atoms with Crippen molar-refractivity contribution in [2.45, 2.75) is 25.5 Å². The van der Waals surface area contributed by atoms with Crippen molar-refractivity contribution in [2.75, 3.05) is 31.1 Å². The summed E-state index contributed by atoms with van der Waals surface area (Å²) in [5.74, 6) is 1.46. The van der Waals surface area contributed by atoms with E-state index in [1.807, 2.05) is 48.5 Å². The van der Waals surface area contributed by atoms with Gasteiger partial charge in [-0.3, -0.25) is 0 Å². The van der Waals surface area contributed by atoms with Crippen LogP contribution in [-0.2, 0) is 22.2 Å². The Morgan fingerprint density at radius 2 is 1.61 bits per heavy atom. The zero-order chi connectivity index (χ0) is 26.1. The van der Waals surface area contributed by atoms with Crippen LogP contribution in [0.1, 0.15) is 24.7 Å². The van der Waals surface area contributed by atoms with Crippen LogP contribution in [0.5, 0.6) is 0 Å². The van der Waals surface area contributed by atoms with Gasteiger partial charge in [-0.25, -0.2) is 13.4 Å². The maximum absolute atomic E-state index is 13.1. The van der Waals surface area contributed by atoms with Gasteiger partial charge in [-0.2, -0.15) is 9.29 Å². The Morgan fingerprint density at radius 3 is 2.37 bits per heavy atom. The average molecular weight is 528 g/mol. The number of benzene rings is 3. The van der Waals surface area contributed by atoms with E-state index in [1.54, 1.807) is 4.31 Å². The van der Waals surface area contributed by atoms with E-state index >= 15 is 0 Å². The minimum Gasteiger partial charge on any atom is -0.353 e. The first-order chi connectivity index (χ1) is 18.5. The number of aromatic nitrogens is 3. The van der Waals surface area contributed by atoms with Crippen molar-refractivity contribution >= 4 is 37.7 Å². The lowest BCUT2D eigenvalue weighted by Crippen LogP contribution is -2.49. The smallest absolute Gasteiger partial charge is 0.263 e. The molecule has 3 aromatic carbocycles. The highest BCUT2D eigenvalue weighted by atomic mass is 32.2. The molecular weight excluding hydrogens is 498 g/mol. The lowest BCUT2D eigenvalue weighted by atomic mass is 10.0. The first-order valence-corrected chi connectivity index (χ1v) is 14.5. The summed E-state index contributed by atoms with van der Waals surface area (Å²) in [6, 6.07) is 23.7. The molecule has 194 valence electrons. The number of anilines is 1. The molecule has 8 nitrogen and oxygen atoms in total. The molecule has 38 heavy (non-hydrogen) atoms. The van der Waals surface area contributed by atoms with Crippen LogP contribution in [0.15, 0.2) is 77.3 Å². The van der Waals surface area contributed by atoms with Crippen LogP contribution in [0.25, 0.3) is 33.1 Å². The molecule has 1 fully saturated rings. The Hall–Kier alpha value is -3.82. The highest BCUT2D eigenvalue weighted by Gasteiger charge is 2.30. The van der Waals surface area contributed by atoms with Crippen LogP contribution < -0.4 is 4.90 Å². The molecule has 6 rings (SSSR count). The number of aryl methyl sites for hydroxylation is 1. The van der Waals surface area contributed by atoms with E-state index in [-0.39, 0.29) is 5.75 Å². The molecule has 1 aliphatic heterocycles. The fourth-order valence-electron chi connectivity index (χ4n) is 5.03.